The van der Waals surface area contributed by atoms with E-state index in [2.05, 4.69) is 15.1 Å². The van der Waals surface area contributed by atoms with E-state index in [4.69, 9.17) is 4.74 Å². The number of β-amino-alcohol motifs (C(OH)–C–C–N with tert-alkyl or cyclic N) is 1. The second-order valence-corrected chi connectivity index (χ2v) is 5.46. The highest BCUT2D eigenvalue weighted by molar-refractivity contribution is 5.22. The second kappa shape index (κ2) is 6.37. The maximum atomic E-state index is 13.4. The Labute approximate surface area is 128 Å². The monoisotopic (exact) mass is 303 g/mol. The van der Waals surface area contributed by atoms with Gasteiger partial charge >= 0.3 is 0 Å². The average molecular weight is 303 g/mol. The molecule has 2 aromatic rings. The molecule has 116 valence electrons. The first-order chi connectivity index (χ1) is 10.7. The summed E-state index contributed by atoms with van der Waals surface area (Å²) in [5.41, 5.74) is 1.66. The van der Waals surface area contributed by atoms with Crippen LogP contribution in [0.3, 0.4) is 0 Å². The molecular weight excluding hydrogens is 285 g/mol. The summed E-state index contributed by atoms with van der Waals surface area (Å²) in [5.74, 6) is 0.204. The van der Waals surface area contributed by atoms with E-state index in [0.717, 1.165) is 11.3 Å². The van der Waals surface area contributed by atoms with Crippen LogP contribution in [0, 0.1) is 5.82 Å². The molecule has 0 bridgehead atoms. The van der Waals surface area contributed by atoms with Crippen LogP contribution >= 0.6 is 0 Å². The molecule has 1 aromatic carbocycles. The van der Waals surface area contributed by atoms with Crippen LogP contribution in [-0.2, 0) is 6.54 Å². The van der Waals surface area contributed by atoms with E-state index in [1.807, 2.05) is 12.1 Å². The van der Waals surface area contributed by atoms with Crippen molar-refractivity contribution in [2.24, 2.45) is 0 Å². The van der Waals surface area contributed by atoms with Gasteiger partial charge in [-0.1, -0.05) is 12.1 Å². The van der Waals surface area contributed by atoms with E-state index < -0.39 is 6.10 Å². The Balaban J connectivity index is 1.78. The van der Waals surface area contributed by atoms with Crippen LogP contribution in [0.2, 0.25) is 0 Å². The fourth-order valence-electron chi connectivity index (χ4n) is 2.86. The van der Waals surface area contributed by atoms with Crippen LogP contribution in [0.25, 0.3) is 0 Å². The Bertz CT molecular complexity index is 636. The fourth-order valence-corrected chi connectivity index (χ4v) is 2.86. The SMILES string of the molecule is COc1ccc(CN2CC(O)CC2c2cccc(F)c2)nn1. The van der Waals surface area contributed by atoms with E-state index in [0.29, 0.717) is 25.4 Å². The Hall–Kier alpha value is -2.05. The van der Waals surface area contributed by atoms with Gasteiger partial charge in [-0.3, -0.25) is 4.90 Å². The lowest BCUT2D eigenvalue weighted by molar-refractivity contribution is 0.172. The van der Waals surface area contributed by atoms with Gasteiger partial charge in [0, 0.05) is 25.2 Å². The van der Waals surface area contributed by atoms with Gasteiger partial charge in [-0.05, 0) is 30.2 Å². The van der Waals surface area contributed by atoms with E-state index in [9.17, 15) is 9.50 Å². The Morgan fingerprint density at radius 1 is 1.32 bits per heavy atom. The summed E-state index contributed by atoms with van der Waals surface area (Å²) < 4.78 is 18.4. The number of halogens is 1. The number of ether oxygens (including phenoxy) is 1. The number of methoxy groups -OCH3 is 1. The number of benzene rings is 1. The molecule has 22 heavy (non-hydrogen) atoms. The zero-order valence-electron chi connectivity index (χ0n) is 12.3. The molecule has 1 fully saturated rings. The Morgan fingerprint density at radius 3 is 2.86 bits per heavy atom. The zero-order chi connectivity index (χ0) is 15.5. The maximum Gasteiger partial charge on any atom is 0.233 e. The fraction of sp³-hybridized carbons (Fsp3) is 0.375. The molecule has 0 aliphatic carbocycles. The second-order valence-electron chi connectivity index (χ2n) is 5.46. The van der Waals surface area contributed by atoms with Crippen LogP contribution in [0.5, 0.6) is 5.88 Å². The van der Waals surface area contributed by atoms with Crippen LogP contribution in [0.15, 0.2) is 36.4 Å². The largest absolute Gasteiger partial charge is 0.480 e. The van der Waals surface area contributed by atoms with Crippen LogP contribution < -0.4 is 4.74 Å². The number of aliphatic hydroxyl groups excluding tert-OH is 1. The average Bonchev–Trinajstić information content (AvgIpc) is 2.89. The third kappa shape index (κ3) is 3.23. The number of aromatic nitrogens is 2. The van der Waals surface area contributed by atoms with Crippen LogP contribution in [0.4, 0.5) is 4.39 Å². The highest BCUT2D eigenvalue weighted by atomic mass is 19.1. The van der Waals surface area contributed by atoms with Gasteiger partial charge in [0.1, 0.15) is 5.82 Å². The number of nitrogens with zero attached hydrogens (tertiary/aromatic N) is 3. The normalized spacial score (nSPS) is 22.0. The molecule has 2 heterocycles. The number of hydrogen-bond acceptors (Lipinski definition) is 5. The van der Waals surface area contributed by atoms with Crippen molar-refractivity contribution in [2.75, 3.05) is 13.7 Å². The van der Waals surface area contributed by atoms with E-state index in [1.54, 1.807) is 19.2 Å². The summed E-state index contributed by atoms with van der Waals surface area (Å²) in [6.07, 6.45) is 0.173. The highest BCUT2D eigenvalue weighted by Crippen LogP contribution is 2.33. The van der Waals surface area contributed by atoms with E-state index in [1.165, 1.54) is 12.1 Å². The van der Waals surface area contributed by atoms with Gasteiger partial charge in [-0.2, -0.15) is 5.10 Å². The lowest BCUT2D eigenvalue weighted by Crippen LogP contribution is -2.25. The quantitative estimate of drug-likeness (QED) is 0.935. The molecule has 0 radical (unpaired) electrons. The molecule has 2 atom stereocenters. The van der Waals surface area contributed by atoms with Gasteiger partial charge in [0.05, 0.1) is 18.9 Å². The maximum absolute atomic E-state index is 13.4. The van der Waals surface area contributed by atoms with Crippen molar-refractivity contribution in [3.63, 3.8) is 0 Å². The van der Waals surface area contributed by atoms with Gasteiger partial charge in [0.25, 0.3) is 0 Å². The first kappa shape index (κ1) is 14.9. The molecule has 5 nitrogen and oxygen atoms in total. The van der Waals surface area contributed by atoms with Gasteiger partial charge in [0.15, 0.2) is 0 Å². The van der Waals surface area contributed by atoms with Crippen molar-refractivity contribution >= 4 is 0 Å². The van der Waals surface area contributed by atoms with E-state index >= 15 is 0 Å². The van der Waals surface area contributed by atoms with Gasteiger partial charge < -0.3 is 9.84 Å². The summed E-state index contributed by atoms with van der Waals surface area (Å²) in [4.78, 5) is 2.09. The smallest absolute Gasteiger partial charge is 0.233 e. The molecule has 1 aliphatic heterocycles. The minimum Gasteiger partial charge on any atom is -0.480 e. The van der Waals surface area contributed by atoms with Crippen molar-refractivity contribution in [3.8, 4) is 5.88 Å². The lowest BCUT2D eigenvalue weighted by Gasteiger charge is -2.24. The summed E-state index contributed by atoms with van der Waals surface area (Å²) >= 11 is 0. The summed E-state index contributed by atoms with van der Waals surface area (Å²) in [5, 5.41) is 18.0. The lowest BCUT2D eigenvalue weighted by atomic mass is 10.0. The molecule has 0 spiro atoms. The third-order valence-electron chi connectivity index (χ3n) is 3.88. The van der Waals surface area contributed by atoms with Crippen LogP contribution in [-0.4, -0.2) is 40.0 Å². The minimum atomic E-state index is -0.417. The van der Waals surface area contributed by atoms with Crippen LogP contribution in [0.1, 0.15) is 23.7 Å². The molecule has 6 heteroatoms. The zero-order valence-corrected chi connectivity index (χ0v) is 12.3. The standard InChI is InChI=1S/C16H18FN3O2/c1-22-16-6-5-13(18-19-16)9-20-10-14(21)8-15(20)11-3-2-4-12(17)7-11/h2-7,14-15,21H,8-10H2,1H3. The minimum absolute atomic E-state index is 0.0189. The molecule has 0 saturated carbocycles. The molecule has 1 aromatic heterocycles. The molecule has 3 rings (SSSR count). The molecular formula is C16H18FN3O2. The first-order valence-electron chi connectivity index (χ1n) is 7.20. The highest BCUT2D eigenvalue weighted by Gasteiger charge is 2.32. The van der Waals surface area contributed by atoms with Crippen molar-refractivity contribution in [1.82, 2.24) is 15.1 Å². The van der Waals surface area contributed by atoms with Crippen molar-refractivity contribution in [2.45, 2.75) is 25.1 Å². The summed E-state index contributed by atoms with van der Waals surface area (Å²) in [7, 11) is 1.54. The molecule has 1 aliphatic rings. The molecule has 1 saturated heterocycles. The Kier molecular flexibility index (Phi) is 4.31. The number of hydrogen-bond donors (Lipinski definition) is 1. The summed E-state index contributed by atoms with van der Waals surface area (Å²) in [6, 6.07) is 10.1. The van der Waals surface area contributed by atoms with Gasteiger partial charge in [0.2, 0.25) is 5.88 Å². The van der Waals surface area contributed by atoms with Crippen molar-refractivity contribution in [1.29, 1.82) is 0 Å². The van der Waals surface area contributed by atoms with Crippen molar-refractivity contribution < 1.29 is 14.2 Å². The molecule has 1 N–H and O–H groups in total. The first-order valence-corrected chi connectivity index (χ1v) is 7.20. The predicted molar refractivity (Wildman–Crippen MR) is 78.8 cm³/mol. The van der Waals surface area contributed by atoms with Gasteiger partial charge in [-0.15, -0.1) is 5.10 Å². The van der Waals surface area contributed by atoms with Gasteiger partial charge in [-0.25, -0.2) is 4.39 Å². The van der Waals surface area contributed by atoms with Crippen molar-refractivity contribution in [3.05, 3.63) is 53.5 Å². The number of likely N-dealkylation sites (tertiary alicyclic amines) is 1. The Morgan fingerprint density at radius 2 is 2.18 bits per heavy atom. The third-order valence-corrected chi connectivity index (χ3v) is 3.88. The number of rotatable bonds is 4. The number of aliphatic hydroxyl groups is 1. The predicted octanol–water partition coefficient (Wildman–Crippen LogP) is 1.93. The topological polar surface area (TPSA) is 58.5 Å². The summed E-state index contributed by atoms with van der Waals surface area (Å²) in [6.45, 7) is 1.09. The molecule has 2 unspecified atom stereocenters. The molecule has 0 amide bonds. The van der Waals surface area contributed by atoms with E-state index in [-0.39, 0.29) is 11.9 Å².